The number of amides is 1. The number of methoxy groups -OCH3 is 1. The van der Waals surface area contributed by atoms with Gasteiger partial charge in [0.1, 0.15) is 11.4 Å². The Balaban J connectivity index is 1.49. The maximum atomic E-state index is 13.4. The molecule has 1 spiro atoms. The lowest BCUT2D eigenvalue weighted by Crippen LogP contribution is -2.48. The highest BCUT2D eigenvalue weighted by molar-refractivity contribution is 5.97. The van der Waals surface area contributed by atoms with Gasteiger partial charge in [-0.05, 0) is 43.4 Å². The molecular weight excluding hydrogens is 366 g/mol. The van der Waals surface area contributed by atoms with Crippen molar-refractivity contribution in [2.24, 2.45) is 0 Å². The number of aromatic nitrogens is 3. The van der Waals surface area contributed by atoms with Gasteiger partial charge >= 0.3 is 0 Å². The third kappa shape index (κ3) is 2.88. The number of ether oxygens (including phenoxy) is 1. The Morgan fingerprint density at radius 2 is 2.10 bits per heavy atom. The third-order valence-electron chi connectivity index (χ3n) is 6.24. The molecule has 1 aromatic carbocycles. The molecule has 2 aliphatic rings. The number of aryl methyl sites for hydroxylation is 1. The molecule has 148 valence electrons. The van der Waals surface area contributed by atoms with Crippen LogP contribution in [0.1, 0.15) is 41.0 Å². The number of piperidine rings is 1. The Kier molecular flexibility index (Phi) is 4.12. The van der Waals surface area contributed by atoms with Crippen molar-refractivity contribution in [3.8, 4) is 5.75 Å². The van der Waals surface area contributed by atoms with Crippen molar-refractivity contribution in [1.82, 2.24) is 19.9 Å². The van der Waals surface area contributed by atoms with Crippen LogP contribution in [0.5, 0.6) is 5.75 Å². The number of nitrogens with zero attached hydrogens (tertiary/aromatic N) is 4. The molecule has 0 saturated carbocycles. The van der Waals surface area contributed by atoms with Gasteiger partial charge in [0.25, 0.3) is 5.91 Å². The second kappa shape index (κ2) is 6.69. The molecule has 0 bridgehead atoms. The quantitative estimate of drug-likeness (QED) is 0.724. The van der Waals surface area contributed by atoms with Crippen molar-refractivity contribution in [2.45, 2.75) is 31.1 Å². The minimum Gasteiger partial charge on any atom is -0.496 e. The molecule has 7 nitrogen and oxygen atoms in total. The highest BCUT2D eigenvalue weighted by Crippen LogP contribution is 2.44. The van der Waals surface area contributed by atoms with Crippen LogP contribution < -0.4 is 10.5 Å². The van der Waals surface area contributed by atoms with Crippen LogP contribution in [0.2, 0.25) is 0 Å². The predicted octanol–water partition coefficient (Wildman–Crippen LogP) is 2.74. The summed E-state index contributed by atoms with van der Waals surface area (Å²) in [5.41, 5.74) is 9.07. The number of fused-ring (bicyclic) bond motifs is 3. The normalized spacial score (nSPS) is 20.8. The summed E-state index contributed by atoms with van der Waals surface area (Å²) in [4.78, 5) is 28.6. The Labute approximate surface area is 168 Å². The van der Waals surface area contributed by atoms with E-state index in [4.69, 9.17) is 10.5 Å². The van der Waals surface area contributed by atoms with E-state index in [2.05, 4.69) is 15.0 Å². The van der Waals surface area contributed by atoms with Crippen LogP contribution in [0.3, 0.4) is 0 Å². The van der Waals surface area contributed by atoms with E-state index in [1.54, 1.807) is 13.2 Å². The number of carbonyl (C=O) groups excluding carboxylic acids is 1. The molecule has 1 saturated heterocycles. The van der Waals surface area contributed by atoms with Gasteiger partial charge in [0, 0.05) is 36.2 Å². The standard InChI is InChI=1S/C22H23N5O2/c1-29-18-11-17(25-16-6-3-2-5-15(16)18)20(28)27-10-4-8-22(13-27)9-7-14-12-24-21(23)26-19(14)22/h2-3,5-6,11-12H,4,7-10,13H2,1H3,(H2,23,24,26). The van der Waals surface area contributed by atoms with Crippen molar-refractivity contribution in [1.29, 1.82) is 0 Å². The lowest BCUT2D eigenvalue weighted by molar-refractivity contribution is 0.0627. The zero-order valence-electron chi connectivity index (χ0n) is 16.4. The molecule has 2 N–H and O–H groups in total. The van der Waals surface area contributed by atoms with E-state index in [-0.39, 0.29) is 11.3 Å². The summed E-state index contributed by atoms with van der Waals surface area (Å²) < 4.78 is 5.52. The van der Waals surface area contributed by atoms with Crippen molar-refractivity contribution in [3.63, 3.8) is 0 Å². The Bertz CT molecular complexity index is 1110. The highest BCUT2D eigenvalue weighted by atomic mass is 16.5. The molecule has 1 aliphatic carbocycles. The average molecular weight is 389 g/mol. The first kappa shape index (κ1) is 17.8. The minimum absolute atomic E-state index is 0.0661. The number of carbonyl (C=O) groups is 1. The van der Waals surface area contributed by atoms with E-state index in [0.29, 0.717) is 30.5 Å². The number of hydrogen-bond donors (Lipinski definition) is 1. The number of hydrogen-bond acceptors (Lipinski definition) is 6. The minimum atomic E-state index is -0.138. The van der Waals surface area contributed by atoms with Crippen LogP contribution in [0.25, 0.3) is 10.9 Å². The van der Waals surface area contributed by atoms with Gasteiger partial charge in [-0.15, -0.1) is 0 Å². The maximum absolute atomic E-state index is 13.4. The molecule has 29 heavy (non-hydrogen) atoms. The van der Waals surface area contributed by atoms with Gasteiger partial charge in [0.2, 0.25) is 5.95 Å². The van der Waals surface area contributed by atoms with Crippen LogP contribution in [-0.4, -0.2) is 46.0 Å². The van der Waals surface area contributed by atoms with Crippen LogP contribution in [0.4, 0.5) is 5.95 Å². The Morgan fingerprint density at radius 3 is 2.97 bits per heavy atom. The number of pyridine rings is 1. The van der Waals surface area contributed by atoms with Gasteiger partial charge in [-0.25, -0.2) is 15.0 Å². The summed E-state index contributed by atoms with van der Waals surface area (Å²) in [7, 11) is 1.62. The van der Waals surface area contributed by atoms with E-state index in [9.17, 15) is 4.79 Å². The summed E-state index contributed by atoms with van der Waals surface area (Å²) in [6, 6.07) is 9.45. The molecule has 1 amide bonds. The number of anilines is 1. The van der Waals surface area contributed by atoms with E-state index in [1.165, 1.54) is 0 Å². The van der Waals surface area contributed by atoms with Crippen LogP contribution >= 0.6 is 0 Å². The second-order valence-corrected chi connectivity index (χ2v) is 7.94. The zero-order valence-corrected chi connectivity index (χ0v) is 16.4. The SMILES string of the molecule is COc1cc(C(=O)N2CCCC3(CCc4cnc(N)nc43)C2)nc2ccccc12. The molecule has 1 atom stereocenters. The number of nitrogen functional groups attached to an aromatic ring is 1. The third-order valence-corrected chi connectivity index (χ3v) is 6.24. The van der Waals surface area contributed by atoms with Gasteiger partial charge < -0.3 is 15.4 Å². The largest absolute Gasteiger partial charge is 0.496 e. The molecule has 3 heterocycles. The molecule has 0 radical (unpaired) electrons. The fourth-order valence-electron chi connectivity index (χ4n) is 4.84. The molecular formula is C22H23N5O2. The monoisotopic (exact) mass is 389 g/mol. The zero-order chi connectivity index (χ0) is 20.0. The van der Waals surface area contributed by atoms with Gasteiger partial charge in [-0.3, -0.25) is 4.79 Å². The summed E-state index contributed by atoms with van der Waals surface area (Å²) in [5, 5.41) is 0.901. The van der Waals surface area contributed by atoms with Crippen LogP contribution in [-0.2, 0) is 11.8 Å². The van der Waals surface area contributed by atoms with Gasteiger partial charge in [0.05, 0.1) is 18.3 Å². The predicted molar refractivity (Wildman–Crippen MR) is 110 cm³/mol. The molecule has 2 aromatic heterocycles. The maximum Gasteiger partial charge on any atom is 0.272 e. The Hall–Kier alpha value is -3.22. The lowest BCUT2D eigenvalue weighted by atomic mass is 9.77. The first-order valence-corrected chi connectivity index (χ1v) is 9.95. The van der Waals surface area contributed by atoms with E-state index in [1.807, 2.05) is 35.4 Å². The fourth-order valence-corrected chi connectivity index (χ4v) is 4.84. The molecule has 7 heteroatoms. The molecule has 3 aromatic rings. The van der Waals surface area contributed by atoms with Gasteiger partial charge in [-0.2, -0.15) is 0 Å². The number of nitrogens with two attached hydrogens (primary N) is 1. The van der Waals surface area contributed by atoms with Crippen LogP contribution in [0.15, 0.2) is 36.5 Å². The summed E-state index contributed by atoms with van der Waals surface area (Å²) in [6.07, 6.45) is 5.68. The van der Waals surface area contributed by atoms with E-state index >= 15 is 0 Å². The number of benzene rings is 1. The van der Waals surface area contributed by atoms with Crippen molar-refractivity contribution in [2.75, 3.05) is 25.9 Å². The van der Waals surface area contributed by atoms with Crippen molar-refractivity contribution in [3.05, 3.63) is 53.5 Å². The van der Waals surface area contributed by atoms with Crippen LogP contribution in [0, 0.1) is 0 Å². The van der Waals surface area contributed by atoms with Gasteiger partial charge in [-0.1, -0.05) is 12.1 Å². The fraction of sp³-hybridized carbons (Fsp3) is 0.364. The number of rotatable bonds is 2. The molecule has 1 unspecified atom stereocenters. The lowest BCUT2D eigenvalue weighted by Gasteiger charge is -2.40. The van der Waals surface area contributed by atoms with Crippen molar-refractivity contribution < 1.29 is 9.53 Å². The summed E-state index contributed by atoms with van der Waals surface area (Å²) in [6.45, 7) is 1.35. The van der Waals surface area contributed by atoms with Crippen molar-refractivity contribution >= 4 is 22.8 Å². The first-order valence-electron chi connectivity index (χ1n) is 9.95. The van der Waals surface area contributed by atoms with E-state index in [0.717, 1.165) is 47.8 Å². The number of likely N-dealkylation sites (tertiary alicyclic amines) is 1. The topological polar surface area (TPSA) is 94.2 Å². The summed E-state index contributed by atoms with van der Waals surface area (Å²) >= 11 is 0. The number of para-hydroxylation sites is 1. The highest BCUT2D eigenvalue weighted by Gasteiger charge is 2.45. The molecule has 1 aliphatic heterocycles. The Morgan fingerprint density at radius 1 is 1.24 bits per heavy atom. The molecule has 1 fully saturated rings. The van der Waals surface area contributed by atoms with Gasteiger partial charge in [0.15, 0.2) is 0 Å². The first-order chi connectivity index (χ1) is 14.1. The average Bonchev–Trinajstić information content (AvgIpc) is 3.09. The van der Waals surface area contributed by atoms with E-state index < -0.39 is 0 Å². The smallest absolute Gasteiger partial charge is 0.272 e. The molecule has 5 rings (SSSR count). The second-order valence-electron chi connectivity index (χ2n) is 7.94. The summed E-state index contributed by atoms with van der Waals surface area (Å²) in [5.74, 6) is 0.899.